The molecule has 20 heavy (non-hydrogen) atoms. The molecule has 0 amide bonds. The number of halogens is 1. The molecule has 0 aliphatic rings. The Kier molecular flexibility index (Phi) is 5.93. The van der Waals surface area contributed by atoms with Crippen molar-refractivity contribution < 1.29 is 9.18 Å². The second kappa shape index (κ2) is 7.22. The van der Waals surface area contributed by atoms with Gasteiger partial charge in [0.05, 0.1) is 0 Å². The molecule has 0 spiro atoms. The first-order chi connectivity index (χ1) is 9.31. The Morgan fingerprint density at radius 1 is 1.25 bits per heavy atom. The van der Waals surface area contributed by atoms with Crippen molar-refractivity contribution in [3.8, 4) is 0 Å². The van der Waals surface area contributed by atoms with Crippen molar-refractivity contribution in [3.05, 3.63) is 35.8 Å². The normalized spacial score (nSPS) is 12.2. The Labute approximate surface area is 120 Å². The van der Waals surface area contributed by atoms with E-state index in [0.29, 0.717) is 6.42 Å². The van der Waals surface area contributed by atoms with Crippen LogP contribution in [0.15, 0.2) is 24.4 Å². The third-order valence-corrected chi connectivity index (χ3v) is 2.95. The number of hydrogen-bond acceptors (Lipinski definition) is 1. The molecule has 0 saturated heterocycles. The summed E-state index contributed by atoms with van der Waals surface area (Å²) in [4.78, 5) is 14.3. The number of carbonyl (C=O) groups is 1. The number of rotatable bonds is 3. The standard InChI is InChI=1S/C13H14FNO.C4H10/c1-8(9(2)16)5-10-7-15-13-4-3-11(14)6-12(10)13;1-4(2)3/h3-4,6-8,15H,5H2,1-2H3;4H,1-3H3. The number of nitrogens with one attached hydrogen (secondary N) is 1. The molecule has 0 aliphatic heterocycles. The quantitative estimate of drug-likeness (QED) is 0.863. The van der Waals surface area contributed by atoms with Crippen LogP contribution in [-0.4, -0.2) is 10.8 Å². The van der Waals surface area contributed by atoms with E-state index in [-0.39, 0.29) is 17.5 Å². The number of H-pyrrole nitrogens is 1. The van der Waals surface area contributed by atoms with Crippen LogP contribution in [0.4, 0.5) is 4.39 Å². The number of ketones is 1. The maximum Gasteiger partial charge on any atom is 0.132 e. The average molecular weight is 277 g/mol. The Hall–Kier alpha value is -1.64. The number of Topliss-reactive ketones (excluding diaryl/α,β-unsaturated/α-hetero) is 1. The minimum atomic E-state index is -0.246. The van der Waals surface area contributed by atoms with Crippen LogP contribution in [0.1, 0.15) is 40.2 Å². The zero-order chi connectivity index (χ0) is 15.3. The van der Waals surface area contributed by atoms with Crippen LogP contribution in [0.25, 0.3) is 10.9 Å². The smallest absolute Gasteiger partial charge is 0.132 e. The summed E-state index contributed by atoms with van der Waals surface area (Å²) < 4.78 is 13.1. The highest BCUT2D eigenvalue weighted by molar-refractivity contribution is 5.84. The fraction of sp³-hybridized carbons (Fsp3) is 0.471. The predicted octanol–water partition coefficient (Wildman–Crippen LogP) is 4.74. The van der Waals surface area contributed by atoms with E-state index in [1.165, 1.54) is 12.1 Å². The first kappa shape index (κ1) is 16.4. The highest BCUT2D eigenvalue weighted by Crippen LogP contribution is 2.22. The maximum atomic E-state index is 13.1. The van der Waals surface area contributed by atoms with Crippen molar-refractivity contribution in [3.63, 3.8) is 0 Å². The van der Waals surface area contributed by atoms with Crippen molar-refractivity contribution >= 4 is 16.7 Å². The van der Waals surface area contributed by atoms with Crippen LogP contribution >= 0.6 is 0 Å². The van der Waals surface area contributed by atoms with Crippen LogP contribution in [-0.2, 0) is 11.2 Å². The molecule has 1 atom stereocenters. The molecular formula is C17H24FNO. The summed E-state index contributed by atoms with van der Waals surface area (Å²) in [5, 5.41) is 0.869. The molecule has 0 bridgehead atoms. The molecule has 0 aliphatic carbocycles. The van der Waals surface area contributed by atoms with Crippen molar-refractivity contribution in [1.82, 2.24) is 4.98 Å². The predicted molar refractivity (Wildman–Crippen MR) is 82.3 cm³/mol. The van der Waals surface area contributed by atoms with Gasteiger partial charge >= 0.3 is 0 Å². The number of hydrogen-bond donors (Lipinski definition) is 1. The summed E-state index contributed by atoms with van der Waals surface area (Å²) in [6.45, 7) is 9.97. The average Bonchev–Trinajstić information content (AvgIpc) is 2.71. The monoisotopic (exact) mass is 277 g/mol. The Balaban J connectivity index is 0.000000444. The molecule has 0 radical (unpaired) electrons. The van der Waals surface area contributed by atoms with Crippen LogP contribution in [0.2, 0.25) is 0 Å². The lowest BCUT2D eigenvalue weighted by atomic mass is 9.98. The van der Waals surface area contributed by atoms with Gasteiger partial charge in [-0.1, -0.05) is 27.7 Å². The van der Waals surface area contributed by atoms with Gasteiger partial charge in [-0.25, -0.2) is 4.39 Å². The van der Waals surface area contributed by atoms with E-state index in [9.17, 15) is 9.18 Å². The SMILES string of the molecule is CC(=O)C(C)Cc1c[nH]c2ccc(F)cc12.CC(C)C. The number of fused-ring (bicyclic) bond motifs is 1. The van der Waals surface area contributed by atoms with Crippen molar-refractivity contribution in [2.75, 3.05) is 0 Å². The lowest BCUT2D eigenvalue weighted by Crippen LogP contribution is -2.09. The fourth-order valence-electron chi connectivity index (χ4n) is 1.79. The molecule has 1 unspecified atom stereocenters. The summed E-state index contributed by atoms with van der Waals surface area (Å²) >= 11 is 0. The Morgan fingerprint density at radius 3 is 2.40 bits per heavy atom. The van der Waals surface area contributed by atoms with E-state index in [1.807, 2.05) is 13.1 Å². The topological polar surface area (TPSA) is 32.9 Å². The van der Waals surface area contributed by atoms with Gasteiger partial charge in [0.15, 0.2) is 0 Å². The fourth-order valence-corrected chi connectivity index (χ4v) is 1.79. The van der Waals surface area contributed by atoms with Crippen LogP contribution in [0.3, 0.4) is 0 Å². The zero-order valence-electron chi connectivity index (χ0n) is 13.0. The first-order valence-electron chi connectivity index (χ1n) is 7.07. The third kappa shape index (κ3) is 4.80. The van der Waals surface area contributed by atoms with Crippen LogP contribution in [0.5, 0.6) is 0 Å². The molecule has 3 heteroatoms. The van der Waals surface area contributed by atoms with E-state index in [4.69, 9.17) is 0 Å². The van der Waals surface area contributed by atoms with Crippen LogP contribution in [0, 0.1) is 17.7 Å². The molecule has 0 fully saturated rings. The summed E-state index contributed by atoms with van der Waals surface area (Å²) in [5.41, 5.74) is 1.91. The van der Waals surface area contributed by atoms with Crippen LogP contribution < -0.4 is 0 Å². The zero-order valence-corrected chi connectivity index (χ0v) is 13.0. The molecule has 2 aromatic rings. The van der Waals surface area contributed by atoms with Gasteiger partial charge in [0.2, 0.25) is 0 Å². The van der Waals surface area contributed by atoms with Crippen molar-refractivity contribution in [2.45, 2.75) is 41.0 Å². The van der Waals surface area contributed by atoms with Gasteiger partial charge in [-0.05, 0) is 43.0 Å². The second-order valence-corrected chi connectivity index (χ2v) is 5.95. The van der Waals surface area contributed by atoms with Crippen molar-refractivity contribution in [1.29, 1.82) is 0 Å². The van der Waals surface area contributed by atoms with E-state index >= 15 is 0 Å². The summed E-state index contributed by atoms with van der Waals surface area (Å²) in [6.07, 6.45) is 2.50. The first-order valence-corrected chi connectivity index (χ1v) is 7.07. The van der Waals surface area contributed by atoms with E-state index in [2.05, 4.69) is 25.8 Å². The number of carbonyl (C=O) groups excluding carboxylic acids is 1. The second-order valence-electron chi connectivity index (χ2n) is 5.95. The minimum Gasteiger partial charge on any atom is -0.361 e. The van der Waals surface area contributed by atoms with Crippen molar-refractivity contribution in [2.24, 2.45) is 11.8 Å². The summed E-state index contributed by atoms with van der Waals surface area (Å²) in [5.74, 6) is 0.719. The Bertz CT molecular complexity index is 569. The molecule has 1 N–H and O–H groups in total. The summed E-state index contributed by atoms with van der Waals surface area (Å²) in [7, 11) is 0. The lowest BCUT2D eigenvalue weighted by Gasteiger charge is -2.05. The van der Waals surface area contributed by atoms with Gasteiger partial charge in [0.25, 0.3) is 0 Å². The molecule has 1 heterocycles. The number of benzene rings is 1. The van der Waals surface area contributed by atoms with E-state index < -0.39 is 0 Å². The summed E-state index contributed by atoms with van der Waals surface area (Å²) in [6, 6.07) is 4.65. The molecule has 0 saturated carbocycles. The molecule has 1 aromatic carbocycles. The molecule has 1 aromatic heterocycles. The van der Waals surface area contributed by atoms with E-state index in [1.54, 1.807) is 13.0 Å². The maximum absolute atomic E-state index is 13.1. The van der Waals surface area contributed by atoms with E-state index in [0.717, 1.165) is 22.4 Å². The largest absolute Gasteiger partial charge is 0.361 e. The Morgan fingerprint density at radius 2 is 1.85 bits per heavy atom. The van der Waals surface area contributed by atoms with Gasteiger partial charge in [0.1, 0.15) is 11.6 Å². The highest BCUT2D eigenvalue weighted by atomic mass is 19.1. The van der Waals surface area contributed by atoms with Gasteiger partial charge in [-0.2, -0.15) is 0 Å². The third-order valence-electron chi connectivity index (χ3n) is 2.95. The van der Waals surface area contributed by atoms with Gasteiger partial charge in [-0.15, -0.1) is 0 Å². The number of aromatic nitrogens is 1. The van der Waals surface area contributed by atoms with Gasteiger partial charge in [-0.3, -0.25) is 4.79 Å². The molecule has 2 rings (SSSR count). The number of aromatic amines is 1. The molecular weight excluding hydrogens is 253 g/mol. The lowest BCUT2D eigenvalue weighted by molar-refractivity contribution is -0.120. The van der Waals surface area contributed by atoms with Gasteiger partial charge in [0, 0.05) is 23.0 Å². The highest BCUT2D eigenvalue weighted by Gasteiger charge is 2.12. The van der Waals surface area contributed by atoms with Gasteiger partial charge < -0.3 is 4.98 Å². The minimum absolute atomic E-state index is 0.0257. The molecule has 2 nitrogen and oxygen atoms in total. The molecule has 110 valence electrons.